The van der Waals surface area contributed by atoms with Crippen LogP contribution in [0.5, 0.6) is 5.75 Å². The van der Waals surface area contributed by atoms with Gasteiger partial charge >= 0.3 is 12.1 Å². The van der Waals surface area contributed by atoms with Crippen molar-refractivity contribution in [3.8, 4) is 5.75 Å². The Hall–Kier alpha value is -3.02. The Kier molecular flexibility index (Phi) is 6.58. The highest BCUT2D eigenvalue weighted by Crippen LogP contribution is 2.45. The zero-order valence-corrected chi connectivity index (χ0v) is 18.6. The van der Waals surface area contributed by atoms with E-state index in [-0.39, 0.29) is 6.04 Å². The average molecular weight is 426 g/mol. The van der Waals surface area contributed by atoms with Gasteiger partial charge in [0, 0.05) is 0 Å². The first kappa shape index (κ1) is 22.7. The number of hydrogen-bond acceptors (Lipinski definition) is 4. The van der Waals surface area contributed by atoms with Crippen molar-refractivity contribution >= 4 is 12.1 Å². The summed E-state index contributed by atoms with van der Waals surface area (Å²) in [4.78, 5) is 26.7. The first-order valence-electron chi connectivity index (χ1n) is 10.7. The molecule has 166 valence electrons. The van der Waals surface area contributed by atoms with Crippen LogP contribution in [0.4, 0.5) is 4.79 Å². The number of carbonyl (C=O) groups excluding carboxylic acids is 1. The third kappa shape index (κ3) is 5.01. The number of benzene rings is 2. The fourth-order valence-electron chi connectivity index (χ4n) is 4.09. The van der Waals surface area contributed by atoms with Crippen LogP contribution >= 0.6 is 0 Å². The molecule has 1 aliphatic heterocycles. The largest absolute Gasteiger partial charge is 0.489 e. The first-order valence-corrected chi connectivity index (χ1v) is 10.7. The molecule has 1 aliphatic rings. The molecule has 0 saturated carbocycles. The summed E-state index contributed by atoms with van der Waals surface area (Å²) in [6.45, 7) is 7.61. The molecule has 6 heteroatoms. The minimum absolute atomic E-state index is 0.316. The Bertz CT molecular complexity index is 904. The summed E-state index contributed by atoms with van der Waals surface area (Å²) in [5.41, 5.74) is -0.0329. The third-order valence-electron chi connectivity index (χ3n) is 5.69. The minimum Gasteiger partial charge on any atom is -0.489 e. The average Bonchev–Trinajstić information content (AvgIpc) is 3.13. The third-order valence-corrected chi connectivity index (χ3v) is 5.69. The summed E-state index contributed by atoms with van der Waals surface area (Å²) in [6, 6.07) is 17.1. The summed E-state index contributed by atoms with van der Waals surface area (Å²) in [6.07, 6.45) is 0.665. The van der Waals surface area contributed by atoms with Crippen LogP contribution in [-0.2, 0) is 16.1 Å². The van der Waals surface area contributed by atoms with Crippen LogP contribution in [0.2, 0.25) is 0 Å². The van der Waals surface area contributed by atoms with Gasteiger partial charge in [-0.1, -0.05) is 49.4 Å². The monoisotopic (exact) mass is 425 g/mol. The number of amides is 1. The second-order valence-electron chi connectivity index (χ2n) is 8.94. The van der Waals surface area contributed by atoms with E-state index in [1.807, 2.05) is 54.6 Å². The molecule has 1 fully saturated rings. The van der Waals surface area contributed by atoms with Crippen molar-refractivity contribution in [2.45, 2.75) is 70.7 Å². The highest BCUT2D eigenvalue weighted by Gasteiger charge is 2.54. The quantitative estimate of drug-likeness (QED) is 0.655. The van der Waals surface area contributed by atoms with E-state index >= 15 is 0 Å². The van der Waals surface area contributed by atoms with Crippen LogP contribution in [-0.4, -0.2) is 33.2 Å². The van der Waals surface area contributed by atoms with Crippen molar-refractivity contribution in [3.63, 3.8) is 0 Å². The zero-order valence-electron chi connectivity index (χ0n) is 18.6. The highest BCUT2D eigenvalue weighted by atomic mass is 16.6. The summed E-state index contributed by atoms with van der Waals surface area (Å²) >= 11 is 0. The van der Waals surface area contributed by atoms with Gasteiger partial charge in [0.2, 0.25) is 0 Å². The molecule has 1 heterocycles. The number of likely N-dealkylation sites (tertiary alicyclic amines) is 1. The lowest BCUT2D eigenvalue weighted by atomic mass is 9.93. The van der Waals surface area contributed by atoms with Crippen molar-refractivity contribution in [2.24, 2.45) is 0 Å². The predicted octanol–water partition coefficient (Wildman–Crippen LogP) is 5.57. The van der Waals surface area contributed by atoms with Crippen LogP contribution in [0.25, 0.3) is 0 Å². The molecule has 1 N–H and O–H groups in total. The van der Waals surface area contributed by atoms with E-state index in [1.54, 1.807) is 27.7 Å². The fraction of sp³-hybridized carbons (Fsp3) is 0.440. The van der Waals surface area contributed by atoms with Crippen LogP contribution < -0.4 is 4.74 Å². The van der Waals surface area contributed by atoms with E-state index in [9.17, 15) is 14.7 Å². The zero-order chi connectivity index (χ0) is 22.6. The van der Waals surface area contributed by atoms with Crippen molar-refractivity contribution in [2.75, 3.05) is 0 Å². The fourth-order valence-corrected chi connectivity index (χ4v) is 4.09. The lowest BCUT2D eigenvalue weighted by Gasteiger charge is -2.38. The van der Waals surface area contributed by atoms with Crippen molar-refractivity contribution in [1.29, 1.82) is 0 Å². The highest BCUT2D eigenvalue weighted by molar-refractivity contribution is 5.85. The second-order valence-corrected chi connectivity index (χ2v) is 8.94. The number of carboxylic acids is 1. The molecule has 31 heavy (non-hydrogen) atoms. The number of hydrogen-bond donors (Lipinski definition) is 1. The van der Waals surface area contributed by atoms with Gasteiger partial charge in [0.15, 0.2) is 0 Å². The molecule has 0 aliphatic carbocycles. The first-order chi connectivity index (χ1) is 14.7. The van der Waals surface area contributed by atoms with Gasteiger partial charge in [0.05, 0.1) is 6.04 Å². The minimum atomic E-state index is -1.27. The Morgan fingerprint density at radius 1 is 1.10 bits per heavy atom. The molecule has 6 nitrogen and oxygen atoms in total. The number of aliphatic carboxylic acids is 1. The Balaban J connectivity index is 1.82. The van der Waals surface area contributed by atoms with Crippen LogP contribution in [0.1, 0.15) is 64.1 Å². The van der Waals surface area contributed by atoms with E-state index in [2.05, 4.69) is 0 Å². The number of ether oxygens (including phenoxy) is 2. The maximum Gasteiger partial charge on any atom is 0.411 e. The summed E-state index contributed by atoms with van der Waals surface area (Å²) < 4.78 is 11.4. The van der Waals surface area contributed by atoms with E-state index in [0.717, 1.165) is 16.9 Å². The normalized spacial score (nSPS) is 21.0. The van der Waals surface area contributed by atoms with E-state index in [4.69, 9.17) is 9.47 Å². The van der Waals surface area contributed by atoms with Gasteiger partial charge in [-0.2, -0.15) is 0 Å². The summed E-state index contributed by atoms with van der Waals surface area (Å²) in [5, 5.41) is 10.00. The summed E-state index contributed by atoms with van der Waals surface area (Å²) in [5.74, 6) is -0.277. The van der Waals surface area contributed by atoms with Gasteiger partial charge in [0.1, 0.15) is 23.5 Å². The van der Waals surface area contributed by atoms with E-state index < -0.39 is 23.2 Å². The summed E-state index contributed by atoms with van der Waals surface area (Å²) in [7, 11) is 0. The predicted molar refractivity (Wildman–Crippen MR) is 118 cm³/mol. The molecule has 2 atom stereocenters. The molecular weight excluding hydrogens is 394 g/mol. The number of carboxylic acid groups (broad SMARTS) is 1. The molecule has 0 radical (unpaired) electrons. The Labute approximate surface area is 183 Å². The SMILES string of the molecule is CC[C@]1(C(=O)O)CC[C@@H](c2ccc(OCc3ccccc3)cc2)N1C(=O)OC(C)(C)C. The van der Waals surface area contributed by atoms with Gasteiger partial charge in [-0.3, -0.25) is 4.90 Å². The second kappa shape index (κ2) is 9.00. The van der Waals surface area contributed by atoms with Crippen LogP contribution in [0.15, 0.2) is 54.6 Å². The lowest BCUT2D eigenvalue weighted by molar-refractivity contribution is -0.150. The molecule has 2 aromatic carbocycles. The van der Waals surface area contributed by atoms with E-state index in [0.29, 0.717) is 25.9 Å². The van der Waals surface area contributed by atoms with Crippen molar-refractivity contribution in [3.05, 3.63) is 65.7 Å². The molecule has 3 rings (SSSR count). The standard InChI is InChI=1S/C25H31NO5/c1-5-25(22(27)28)16-15-21(26(25)23(29)31-24(2,3)4)19-11-13-20(14-12-19)30-17-18-9-7-6-8-10-18/h6-14,21H,5,15-17H2,1-4H3,(H,27,28)/t21-,25+/m0/s1. The van der Waals surface area contributed by atoms with Crippen LogP contribution in [0, 0.1) is 0 Å². The molecule has 1 amide bonds. The smallest absolute Gasteiger partial charge is 0.411 e. The number of carbonyl (C=O) groups is 2. The van der Waals surface area contributed by atoms with Crippen LogP contribution in [0.3, 0.4) is 0 Å². The van der Waals surface area contributed by atoms with Crippen molar-refractivity contribution < 1.29 is 24.2 Å². The van der Waals surface area contributed by atoms with Gasteiger partial charge in [-0.05, 0) is 63.3 Å². The Morgan fingerprint density at radius 3 is 2.29 bits per heavy atom. The molecular formula is C25H31NO5. The molecule has 0 unspecified atom stereocenters. The maximum atomic E-state index is 13.1. The lowest BCUT2D eigenvalue weighted by Crippen LogP contribution is -2.54. The topological polar surface area (TPSA) is 76.1 Å². The maximum absolute atomic E-state index is 13.1. The molecule has 2 aromatic rings. The molecule has 0 bridgehead atoms. The number of rotatable bonds is 6. The van der Waals surface area contributed by atoms with Gasteiger partial charge < -0.3 is 14.6 Å². The van der Waals surface area contributed by atoms with E-state index in [1.165, 1.54) is 4.90 Å². The molecule has 0 aromatic heterocycles. The van der Waals surface area contributed by atoms with Gasteiger partial charge in [-0.15, -0.1) is 0 Å². The van der Waals surface area contributed by atoms with Gasteiger partial charge in [-0.25, -0.2) is 9.59 Å². The van der Waals surface area contributed by atoms with Gasteiger partial charge in [0.25, 0.3) is 0 Å². The Morgan fingerprint density at radius 2 is 1.74 bits per heavy atom. The van der Waals surface area contributed by atoms with Crippen molar-refractivity contribution in [1.82, 2.24) is 4.90 Å². The molecule has 0 spiro atoms. The number of nitrogens with zero attached hydrogens (tertiary/aromatic N) is 1. The molecule has 1 saturated heterocycles.